The molecule has 0 saturated heterocycles. The zero-order valence-corrected chi connectivity index (χ0v) is 58.7. The minimum Gasteiger partial charge on any atom is -0.744 e. The number of H-pyrrole nitrogens is 4. The molecule has 0 unspecified atom stereocenters. The number of benzene rings is 8. The van der Waals surface area contributed by atoms with E-state index in [0.29, 0.717) is 44.9 Å². The second-order valence-electron chi connectivity index (χ2n) is 25.1. The first kappa shape index (κ1) is 67.0. The van der Waals surface area contributed by atoms with Gasteiger partial charge in [0.2, 0.25) is 0 Å². The van der Waals surface area contributed by atoms with Crippen LogP contribution < -0.4 is 0 Å². The van der Waals surface area contributed by atoms with E-state index in [0.717, 1.165) is 111 Å². The summed E-state index contributed by atoms with van der Waals surface area (Å²) in [6.45, 7) is 0. The number of fused-ring (bicyclic) bond motifs is 16. The molecule has 0 saturated carbocycles. The van der Waals surface area contributed by atoms with Gasteiger partial charge in [0.1, 0.15) is 30.0 Å². The monoisotopic (exact) mass is 1490 g/mol. The first-order valence-electron chi connectivity index (χ1n) is 33.6. The van der Waals surface area contributed by atoms with Crippen LogP contribution in [0.25, 0.3) is 182 Å². The van der Waals surface area contributed by atoms with Gasteiger partial charge in [0, 0.05) is 66.6 Å². The van der Waals surface area contributed by atoms with Crippen molar-refractivity contribution in [1.29, 1.82) is 0 Å². The Bertz CT molecular complexity index is 6090. The second-order valence-corrected chi connectivity index (χ2v) is 27.8. The van der Waals surface area contributed by atoms with Crippen LogP contribution in [0.5, 0.6) is 0 Å². The smallest absolute Gasteiger partial charge is 0.744 e. The molecule has 0 fully saturated rings. The Kier molecular flexibility index (Phi) is 17.9. The van der Waals surface area contributed by atoms with Gasteiger partial charge >= 0.3 is 20.4 Å². The molecule has 4 aliphatic rings. The molecule has 0 atom stereocenters. The summed E-state index contributed by atoms with van der Waals surface area (Å²) in [5, 5.41) is 0. The van der Waals surface area contributed by atoms with Crippen molar-refractivity contribution >= 4 is 113 Å². The van der Waals surface area contributed by atoms with Crippen molar-refractivity contribution < 1.29 is 46.4 Å². The SMILES string of the molecule is O=S(=O)([O-])c1c2nc(c(-c3ccccc3)c3ccc([nH]3)c(-c3ccccc3)c3nc(c(-c4ccccc4)c4[nH]c1cc4-c1ccccc1)C=C3)C=C2.O=S(=O)([O-])c1c2nc(c(-c3ccccc3)c3ccc([nH]3)c(-c3ccccc3)c3nc(c(-c4ccccc4)c4[nH]c1cc4-c1ccccc1)C=C3)C=C2.[Pd+2]. The van der Waals surface area contributed by atoms with E-state index in [2.05, 4.69) is 44.2 Å². The fourth-order valence-corrected chi connectivity index (χ4v) is 15.7. The third kappa shape index (κ3) is 13.0. The molecule has 17 heteroatoms. The molecular formula is C88H58N8O6PdS2. The average Bonchev–Trinajstić information content (AvgIpc) is 1.61. The molecule has 14 aromatic rings. The first-order valence-corrected chi connectivity index (χ1v) is 36.4. The van der Waals surface area contributed by atoms with Crippen LogP contribution in [0.15, 0.2) is 289 Å². The Labute approximate surface area is 618 Å². The minimum atomic E-state index is -5.04. The van der Waals surface area contributed by atoms with Crippen LogP contribution in [0, 0.1) is 0 Å². The van der Waals surface area contributed by atoms with E-state index >= 15 is 0 Å². The molecule has 0 amide bonds. The Balaban J connectivity index is 0.000000160. The molecule has 0 spiro atoms. The third-order valence-electron chi connectivity index (χ3n) is 18.7. The van der Waals surface area contributed by atoms with Crippen LogP contribution in [-0.4, -0.2) is 65.8 Å². The van der Waals surface area contributed by atoms with E-state index in [9.17, 15) is 25.9 Å². The molecule has 4 N–H and O–H groups in total. The number of rotatable bonds is 10. The number of hydrogen-bond donors (Lipinski definition) is 4. The maximum atomic E-state index is 13.3. The van der Waals surface area contributed by atoms with Crippen LogP contribution in [-0.2, 0) is 40.7 Å². The quantitative estimate of drug-likeness (QED) is 0.0747. The fourth-order valence-electron chi connectivity index (χ4n) is 14.2. The Hall–Kier alpha value is -12.6. The van der Waals surface area contributed by atoms with E-state index in [4.69, 9.17) is 19.9 Å². The van der Waals surface area contributed by atoms with Gasteiger partial charge in [-0.25, -0.2) is 36.8 Å². The summed E-state index contributed by atoms with van der Waals surface area (Å²) < 4.78 is 79.6. The summed E-state index contributed by atoms with van der Waals surface area (Å²) in [4.78, 5) is 33.5. The van der Waals surface area contributed by atoms with Gasteiger partial charge in [-0.1, -0.05) is 243 Å². The van der Waals surface area contributed by atoms with Crippen molar-refractivity contribution in [2.75, 3.05) is 0 Å². The van der Waals surface area contributed by atoms with Gasteiger partial charge in [-0.15, -0.1) is 0 Å². The molecule has 508 valence electrons. The van der Waals surface area contributed by atoms with Crippen LogP contribution in [0.1, 0.15) is 45.6 Å². The fraction of sp³-hybridized carbons (Fsp3) is 0. The van der Waals surface area contributed by atoms with E-state index in [-0.39, 0.29) is 42.8 Å². The number of nitrogens with one attached hydrogen (secondary N) is 4. The summed E-state index contributed by atoms with van der Waals surface area (Å²) in [7, 11) is -10.1. The second kappa shape index (κ2) is 28.0. The molecule has 0 radical (unpaired) electrons. The van der Waals surface area contributed by atoms with Crippen LogP contribution in [0.2, 0.25) is 0 Å². The van der Waals surface area contributed by atoms with E-state index in [1.54, 1.807) is 36.4 Å². The molecule has 8 aromatic carbocycles. The molecular weight excluding hydrogens is 1440 g/mol. The summed E-state index contributed by atoms with van der Waals surface area (Å²) in [5.41, 5.74) is 22.2. The van der Waals surface area contributed by atoms with Crippen molar-refractivity contribution in [3.8, 4) is 89.0 Å². The van der Waals surface area contributed by atoms with Crippen molar-refractivity contribution in [2.24, 2.45) is 0 Å². The first-order chi connectivity index (χ1) is 50.8. The summed E-state index contributed by atoms with van der Waals surface area (Å²) in [5.74, 6) is 0. The van der Waals surface area contributed by atoms with Crippen molar-refractivity contribution in [1.82, 2.24) is 39.9 Å². The van der Waals surface area contributed by atoms with E-state index in [1.807, 2.05) is 267 Å². The van der Waals surface area contributed by atoms with Gasteiger partial charge in [-0.2, -0.15) is 0 Å². The topological polar surface area (TPSA) is 229 Å². The number of aromatic nitrogens is 8. The molecule has 18 rings (SSSR count). The van der Waals surface area contributed by atoms with Gasteiger partial charge in [-0.3, -0.25) is 0 Å². The molecule has 105 heavy (non-hydrogen) atoms. The Morgan fingerprint density at radius 2 is 0.429 bits per heavy atom. The summed E-state index contributed by atoms with van der Waals surface area (Å²) in [6.07, 6.45) is 14.7. The Morgan fingerprint density at radius 3 is 0.667 bits per heavy atom. The van der Waals surface area contributed by atoms with Crippen LogP contribution in [0.3, 0.4) is 0 Å². The predicted octanol–water partition coefficient (Wildman–Crippen LogP) is 20.5. The molecule has 6 aromatic heterocycles. The predicted molar refractivity (Wildman–Crippen MR) is 417 cm³/mol. The summed E-state index contributed by atoms with van der Waals surface area (Å²) in [6, 6.07) is 90.5. The van der Waals surface area contributed by atoms with Gasteiger partial charge in [0.05, 0.1) is 67.6 Å². The number of hydrogen-bond acceptors (Lipinski definition) is 10. The normalized spacial score (nSPS) is 12.2. The molecule has 0 aliphatic carbocycles. The average molecular weight is 1490 g/mol. The molecule has 4 aliphatic heterocycles. The Morgan fingerprint density at radius 1 is 0.229 bits per heavy atom. The largest absolute Gasteiger partial charge is 2.00 e. The summed E-state index contributed by atoms with van der Waals surface area (Å²) >= 11 is 0. The van der Waals surface area contributed by atoms with E-state index in [1.165, 1.54) is 0 Å². The van der Waals surface area contributed by atoms with Gasteiger partial charge < -0.3 is 29.0 Å². The van der Waals surface area contributed by atoms with Gasteiger partial charge in [0.15, 0.2) is 0 Å². The zero-order chi connectivity index (χ0) is 70.5. The van der Waals surface area contributed by atoms with Crippen molar-refractivity contribution in [3.63, 3.8) is 0 Å². The van der Waals surface area contributed by atoms with Crippen LogP contribution >= 0.6 is 0 Å². The third-order valence-corrected chi connectivity index (χ3v) is 20.5. The van der Waals surface area contributed by atoms with Crippen LogP contribution in [0.4, 0.5) is 0 Å². The van der Waals surface area contributed by atoms with E-state index < -0.39 is 30.0 Å². The number of aromatic amines is 4. The number of nitrogens with zero attached hydrogens (tertiary/aromatic N) is 4. The molecule has 10 heterocycles. The van der Waals surface area contributed by atoms with Crippen molar-refractivity contribution in [3.05, 3.63) is 325 Å². The minimum absolute atomic E-state index is 0. The maximum Gasteiger partial charge on any atom is 2.00 e. The molecule has 16 bridgehead atoms. The van der Waals surface area contributed by atoms with Gasteiger partial charge in [0.25, 0.3) is 0 Å². The molecule has 14 nitrogen and oxygen atoms in total. The van der Waals surface area contributed by atoms with Crippen molar-refractivity contribution in [2.45, 2.75) is 9.79 Å². The zero-order valence-electron chi connectivity index (χ0n) is 55.5. The maximum absolute atomic E-state index is 13.3. The van der Waals surface area contributed by atoms with Gasteiger partial charge in [-0.05, 0) is 130 Å². The standard InChI is InChI=1S/2C44H30N4O3S.Pd/c2*49-52(50,51)44-38-26-25-36(47-38)41(30-17-9-3-10-18-30)34-22-21-33(45-34)40(29-15-7-2-8-16-29)35-23-24-37(46-35)42(31-19-11-4-12-20-31)43-32(27-39(44)48-43)28-13-5-1-6-14-28;/h2*1-27,45,48H,(H,49,50,51);/q;;+2/p-2.